The van der Waals surface area contributed by atoms with Crippen LogP contribution in [-0.2, 0) is 13.1 Å². The van der Waals surface area contributed by atoms with Gasteiger partial charge in [-0.1, -0.05) is 24.3 Å². The van der Waals surface area contributed by atoms with E-state index in [2.05, 4.69) is 4.90 Å². The van der Waals surface area contributed by atoms with Gasteiger partial charge in [-0.15, -0.1) is 0 Å². The Kier molecular flexibility index (Phi) is 4.92. The number of hydrogen-bond acceptors (Lipinski definition) is 5. The zero-order valence-electron chi connectivity index (χ0n) is 16.9. The highest BCUT2D eigenvalue weighted by molar-refractivity contribution is 6.15. The van der Waals surface area contributed by atoms with Crippen LogP contribution in [0.3, 0.4) is 0 Å². The molecule has 0 spiro atoms. The average Bonchev–Trinajstić information content (AvgIpc) is 3.11. The van der Waals surface area contributed by atoms with Crippen molar-refractivity contribution < 1.29 is 23.4 Å². The molecule has 31 heavy (non-hydrogen) atoms. The van der Waals surface area contributed by atoms with Gasteiger partial charge in [0.15, 0.2) is 5.76 Å². The summed E-state index contributed by atoms with van der Waals surface area (Å²) < 4.78 is 30.3. The molecule has 3 aromatic carbocycles. The second-order valence-electron chi connectivity index (χ2n) is 7.52. The van der Waals surface area contributed by atoms with E-state index in [1.807, 2.05) is 30.3 Å². The molecule has 0 fully saturated rings. The van der Waals surface area contributed by atoms with E-state index < -0.39 is 0 Å². The van der Waals surface area contributed by atoms with Gasteiger partial charge in [-0.25, -0.2) is 4.39 Å². The minimum absolute atomic E-state index is 0.149. The number of carbonyl (C=O) groups excluding carboxylic acids is 1. The Balaban J connectivity index is 1.40. The summed E-state index contributed by atoms with van der Waals surface area (Å²) in [5, 5.41) is 0. The zero-order valence-corrected chi connectivity index (χ0v) is 16.9. The predicted molar refractivity (Wildman–Crippen MR) is 114 cm³/mol. The van der Waals surface area contributed by atoms with Gasteiger partial charge in [-0.2, -0.15) is 0 Å². The maximum absolute atomic E-state index is 13.2. The van der Waals surface area contributed by atoms with Gasteiger partial charge in [0, 0.05) is 13.1 Å². The van der Waals surface area contributed by atoms with E-state index in [1.54, 1.807) is 31.4 Å². The highest BCUT2D eigenvalue weighted by atomic mass is 19.1. The highest BCUT2D eigenvalue weighted by Crippen LogP contribution is 2.42. The Morgan fingerprint density at radius 2 is 1.84 bits per heavy atom. The van der Waals surface area contributed by atoms with Crippen molar-refractivity contribution in [3.63, 3.8) is 0 Å². The molecule has 0 saturated heterocycles. The summed E-state index contributed by atoms with van der Waals surface area (Å²) in [4.78, 5) is 15.0. The smallest absolute Gasteiger partial charge is 0.231 e. The number of methoxy groups -OCH3 is 1. The predicted octanol–water partition coefficient (Wildman–Crippen LogP) is 4.80. The van der Waals surface area contributed by atoms with Crippen molar-refractivity contribution >= 4 is 11.9 Å². The van der Waals surface area contributed by atoms with Crippen molar-refractivity contribution in [1.82, 2.24) is 4.90 Å². The lowest BCUT2D eigenvalue weighted by atomic mass is 10.0. The number of carbonyl (C=O) groups is 1. The van der Waals surface area contributed by atoms with Gasteiger partial charge in [0.25, 0.3) is 0 Å². The van der Waals surface area contributed by atoms with Crippen LogP contribution in [0.5, 0.6) is 17.2 Å². The maximum atomic E-state index is 13.2. The Bertz CT molecular complexity index is 1170. The second-order valence-corrected chi connectivity index (χ2v) is 7.52. The number of rotatable bonds is 4. The molecule has 5 rings (SSSR count). The van der Waals surface area contributed by atoms with Crippen molar-refractivity contribution in [2.45, 2.75) is 13.1 Å². The molecule has 2 heterocycles. The second kappa shape index (κ2) is 7.89. The van der Waals surface area contributed by atoms with Crippen LogP contribution in [0.25, 0.3) is 6.08 Å². The van der Waals surface area contributed by atoms with Crippen LogP contribution in [0.1, 0.15) is 27.0 Å². The van der Waals surface area contributed by atoms with Crippen molar-refractivity contribution in [3.8, 4) is 17.2 Å². The number of fused-ring (bicyclic) bond motifs is 3. The van der Waals surface area contributed by atoms with Crippen molar-refractivity contribution in [1.29, 1.82) is 0 Å². The van der Waals surface area contributed by atoms with E-state index in [0.29, 0.717) is 36.9 Å². The van der Waals surface area contributed by atoms with Crippen LogP contribution in [0.15, 0.2) is 66.4 Å². The topological polar surface area (TPSA) is 48.0 Å². The summed E-state index contributed by atoms with van der Waals surface area (Å²) in [6.45, 7) is 1.58. The van der Waals surface area contributed by atoms with Gasteiger partial charge in [-0.3, -0.25) is 9.69 Å². The third-order valence-electron chi connectivity index (χ3n) is 5.42. The number of hydrogen-bond donors (Lipinski definition) is 0. The van der Waals surface area contributed by atoms with Gasteiger partial charge in [0.1, 0.15) is 29.8 Å². The minimum Gasteiger partial charge on any atom is -0.497 e. The number of nitrogens with zero attached hydrogens (tertiary/aromatic N) is 1. The number of ether oxygens (including phenoxy) is 3. The Hall–Kier alpha value is -3.64. The minimum atomic E-state index is -0.259. The molecule has 0 bridgehead atoms. The number of allylic oxidation sites excluding steroid dienone is 1. The fraction of sp³-hybridized carbons (Fsp3) is 0.160. The summed E-state index contributed by atoms with van der Waals surface area (Å²) in [7, 11) is 1.61. The van der Waals surface area contributed by atoms with Gasteiger partial charge >= 0.3 is 0 Å². The molecule has 0 radical (unpaired) electrons. The van der Waals surface area contributed by atoms with E-state index in [-0.39, 0.29) is 17.4 Å². The number of benzene rings is 3. The van der Waals surface area contributed by atoms with Gasteiger partial charge in [0.2, 0.25) is 5.78 Å². The SMILES string of the molecule is COc1ccc(/C=C2\Oc3c(ccc4c3CN(Cc3ccc(F)cc3)CO4)C2=O)cc1. The zero-order chi connectivity index (χ0) is 21.4. The number of ketones is 1. The molecule has 0 unspecified atom stereocenters. The fourth-order valence-electron chi connectivity index (χ4n) is 3.81. The van der Waals surface area contributed by atoms with Crippen LogP contribution in [-0.4, -0.2) is 24.5 Å². The largest absolute Gasteiger partial charge is 0.497 e. The van der Waals surface area contributed by atoms with Crippen LogP contribution in [0.2, 0.25) is 0 Å². The first-order valence-electron chi connectivity index (χ1n) is 9.94. The Morgan fingerprint density at radius 1 is 1.06 bits per heavy atom. The first kappa shape index (κ1) is 19.3. The molecule has 0 N–H and O–H groups in total. The lowest BCUT2D eigenvalue weighted by Gasteiger charge is -2.29. The van der Waals surface area contributed by atoms with Crippen LogP contribution in [0.4, 0.5) is 4.39 Å². The first-order chi connectivity index (χ1) is 15.1. The molecule has 2 aliphatic rings. The van der Waals surface area contributed by atoms with E-state index in [1.165, 1.54) is 12.1 Å². The molecule has 0 aliphatic carbocycles. The summed E-state index contributed by atoms with van der Waals surface area (Å²) >= 11 is 0. The molecule has 156 valence electrons. The van der Waals surface area contributed by atoms with E-state index in [0.717, 1.165) is 22.4 Å². The standard InChI is InChI=1S/C25H20FNO4/c1-29-19-8-4-16(5-9-19)12-23-24(28)20-10-11-22-21(25(20)31-23)14-27(15-30-22)13-17-2-6-18(26)7-3-17/h2-12H,13-15H2,1H3/b23-12-. The molecule has 0 atom stereocenters. The van der Waals surface area contributed by atoms with Crippen LogP contribution < -0.4 is 14.2 Å². The van der Waals surface area contributed by atoms with Gasteiger partial charge < -0.3 is 14.2 Å². The normalized spacial score (nSPS) is 16.5. The van der Waals surface area contributed by atoms with E-state index >= 15 is 0 Å². The summed E-state index contributed by atoms with van der Waals surface area (Å²) in [6, 6.07) is 17.4. The lowest BCUT2D eigenvalue weighted by molar-refractivity contribution is 0.0872. The Labute approximate surface area is 179 Å². The molecule has 3 aromatic rings. The summed E-state index contributed by atoms with van der Waals surface area (Å²) in [5.41, 5.74) is 3.21. The molecule has 0 saturated carbocycles. The molecular formula is C25H20FNO4. The fourth-order valence-corrected chi connectivity index (χ4v) is 3.81. The lowest BCUT2D eigenvalue weighted by Crippen LogP contribution is -2.31. The van der Waals surface area contributed by atoms with Crippen LogP contribution >= 0.6 is 0 Å². The van der Waals surface area contributed by atoms with E-state index in [4.69, 9.17) is 14.2 Å². The molecule has 0 aromatic heterocycles. The van der Waals surface area contributed by atoms with Gasteiger partial charge in [0.05, 0.1) is 18.2 Å². The molecule has 6 heteroatoms. The third kappa shape index (κ3) is 3.78. The molecule has 2 aliphatic heterocycles. The van der Waals surface area contributed by atoms with Crippen molar-refractivity contribution in [3.05, 3.63) is 94.5 Å². The van der Waals surface area contributed by atoms with Gasteiger partial charge in [-0.05, 0) is 53.6 Å². The molecule has 0 amide bonds. The average molecular weight is 417 g/mol. The molecular weight excluding hydrogens is 397 g/mol. The third-order valence-corrected chi connectivity index (χ3v) is 5.42. The summed E-state index contributed by atoms with van der Waals surface area (Å²) in [6.07, 6.45) is 1.73. The maximum Gasteiger partial charge on any atom is 0.231 e. The first-order valence-corrected chi connectivity index (χ1v) is 9.94. The summed E-state index contributed by atoms with van der Waals surface area (Å²) in [5.74, 6) is 1.88. The highest BCUT2D eigenvalue weighted by Gasteiger charge is 2.33. The quantitative estimate of drug-likeness (QED) is 0.571. The molecule has 5 nitrogen and oxygen atoms in total. The monoisotopic (exact) mass is 417 g/mol. The number of halogens is 1. The Morgan fingerprint density at radius 3 is 2.58 bits per heavy atom. The van der Waals surface area contributed by atoms with Crippen molar-refractivity contribution in [2.24, 2.45) is 0 Å². The van der Waals surface area contributed by atoms with E-state index in [9.17, 15) is 9.18 Å². The van der Waals surface area contributed by atoms with Crippen LogP contribution in [0, 0.1) is 5.82 Å². The van der Waals surface area contributed by atoms with Crippen molar-refractivity contribution in [2.75, 3.05) is 13.8 Å². The number of Topliss-reactive ketones (excluding diaryl/α,β-unsaturated/α-hetero) is 1.